The summed E-state index contributed by atoms with van der Waals surface area (Å²) in [6, 6.07) is 5.36. The third-order valence-electron chi connectivity index (χ3n) is 2.43. The zero-order chi connectivity index (χ0) is 10.1. The van der Waals surface area contributed by atoms with Gasteiger partial charge < -0.3 is 0 Å². The first-order valence-corrected chi connectivity index (χ1v) is 5.95. The second kappa shape index (κ2) is 4.17. The van der Waals surface area contributed by atoms with Crippen molar-refractivity contribution in [3.63, 3.8) is 0 Å². The maximum absolute atomic E-state index is 13.3. The Bertz CT molecular complexity index is 325. The van der Waals surface area contributed by atoms with Crippen LogP contribution in [0.25, 0.3) is 0 Å². The standard InChI is InChI=1S/C10H10BrClFN/c11-4-7-5-14(7)6-8-9(12)2-1-3-10(8)13/h1-3,7H,4-6H2/t7-,14?/m1/s1. The van der Waals surface area contributed by atoms with Gasteiger partial charge in [-0.15, -0.1) is 0 Å². The topological polar surface area (TPSA) is 3.01 Å². The number of hydrogen-bond donors (Lipinski definition) is 0. The van der Waals surface area contributed by atoms with Crippen molar-refractivity contribution in [2.45, 2.75) is 12.6 Å². The Labute approximate surface area is 96.0 Å². The normalized spacial score (nSPS) is 25.1. The van der Waals surface area contributed by atoms with Gasteiger partial charge in [0.25, 0.3) is 0 Å². The highest BCUT2D eigenvalue weighted by Crippen LogP contribution is 2.27. The summed E-state index contributed by atoms with van der Waals surface area (Å²) in [7, 11) is 0. The van der Waals surface area contributed by atoms with Gasteiger partial charge in [0.1, 0.15) is 5.82 Å². The molecule has 76 valence electrons. The number of alkyl halides is 1. The molecule has 1 aliphatic heterocycles. The van der Waals surface area contributed by atoms with Crippen molar-refractivity contribution in [2.75, 3.05) is 11.9 Å². The van der Waals surface area contributed by atoms with Crippen LogP contribution in [0.3, 0.4) is 0 Å². The van der Waals surface area contributed by atoms with Gasteiger partial charge in [-0.3, -0.25) is 4.90 Å². The largest absolute Gasteiger partial charge is 0.292 e. The van der Waals surface area contributed by atoms with Crippen LogP contribution in [-0.2, 0) is 6.54 Å². The Hall–Kier alpha value is -0.120. The van der Waals surface area contributed by atoms with Gasteiger partial charge in [-0.05, 0) is 12.1 Å². The fraction of sp³-hybridized carbons (Fsp3) is 0.400. The molecule has 2 rings (SSSR count). The summed E-state index contributed by atoms with van der Waals surface area (Å²) in [6.07, 6.45) is 0. The number of halogens is 3. The third kappa shape index (κ3) is 2.10. The maximum Gasteiger partial charge on any atom is 0.129 e. The van der Waals surface area contributed by atoms with Crippen molar-refractivity contribution >= 4 is 27.5 Å². The van der Waals surface area contributed by atoms with Crippen LogP contribution in [0, 0.1) is 5.82 Å². The first-order chi connectivity index (χ1) is 6.72. The summed E-state index contributed by atoms with van der Waals surface area (Å²) < 4.78 is 13.3. The molecule has 4 heteroatoms. The Kier molecular flexibility index (Phi) is 3.10. The second-order valence-corrected chi connectivity index (χ2v) is 4.49. The van der Waals surface area contributed by atoms with Crippen molar-refractivity contribution in [2.24, 2.45) is 0 Å². The predicted molar refractivity (Wildman–Crippen MR) is 59.4 cm³/mol. The lowest BCUT2D eigenvalue weighted by atomic mass is 10.2. The van der Waals surface area contributed by atoms with Crippen LogP contribution in [0.2, 0.25) is 5.02 Å². The highest BCUT2D eigenvalue weighted by molar-refractivity contribution is 9.09. The molecular formula is C10H10BrClFN. The van der Waals surface area contributed by atoms with Crippen molar-refractivity contribution in [3.05, 3.63) is 34.6 Å². The minimum Gasteiger partial charge on any atom is -0.292 e. The number of rotatable bonds is 3. The monoisotopic (exact) mass is 277 g/mol. The van der Waals surface area contributed by atoms with Crippen LogP contribution in [0.5, 0.6) is 0 Å². The molecule has 1 aromatic rings. The lowest BCUT2D eigenvalue weighted by molar-refractivity contribution is 0.494. The fourth-order valence-corrected chi connectivity index (χ4v) is 2.29. The molecule has 1 heterocycles. The summed E-state index contributed by atoms with van der Waals surface area (Å²) in [4.78, 5) is 2.18. The van der Waals surface area contributed by atoms with E-state index in [0.717, 1.165) is 11.9 Å². The highest BCUT2D eigenvalue weighted by atomic mass is 79.9. The quantitative estimate of drug-likeness (QED) is 0.607. The van der Waals surface area contributed by atoms with E-state index >= 15 is 0 Å². The molecule has 0 saturated carbocycles. The SMILES string of the molecule is Fc1cccc(Cl)c1CN1C[C@H]1CBr. The maximum atomic E-state index is 13.3. The molecule has 0 spiro atoms. The van der Waals surface area contributed by atoms with Crippen LogP contribution >= 0.6 is 27.5 Å². The second-order valence-electron chi connectivity index (χ2n) is 3.44. The van der Waals surface area contributed by atoms with Crippen molar-refractivity contribution < 1.29 is 4.39 Å². The van der Waals surface area contributed by atoms with E-state index in [1.165, 1.54) is 6.07 Å². The van der Waals surface area contributed by atoms with E-state index in [1.807, 2.05) is 0 Å². The van der Waals surface area contributed by atoms with Gasteiger partial charge in [-0.25, -0.2) is 4.39 Å². The molecule has 0 aromatic heterocycles. The van der Waals surface area contributed by atoms with Gasteiger partial charge in [-0.2, -0.15) is 0 Å². The lowest BCUT2D eigenvalue weighted by Gasteiger charge is -2.06. The van der Waals surface area contributed by atoms with E-state index in [0.29, 0.717) is 23.2 Å². The lowest BCUT2D eigenvalue weighted by Crippen LogP contribution is -2.05. The fourth-order valence-electron chi connectivity index (χ4n) is 1.45. The van der Waals surface area contributed by atoms with Crippen molar-refractivity contribution in [1.29, 1.82) is 0 Å². The zero-order valence-corrected chi connectivity index (χ0v) is 9.85. The molecular weight excluding hydrogens is 268 g/mol. The van der Waals surface area contributed by atoms with E-state index in [2.05, 4.69) is 20.8 Å². The molecule has 1 fully saturated rings. The van der Waals surface area contributed by atoms with E-state index in [4.69, 9.17) is 11.6 Å². The van der Waals surface area contributed by atoms with E-state index in [-0.39, 0.29) is 5.82 Å². The molecule has 2 atom stereocenters. The number of nitrogens with zero attached hydrogens (tertiary/aromatic N) is 1. The molecule has 0 bridgehead atoms. The van der Waals surface area contributed by atoms with E-state index < -0.39 is 0 Å². The molecule has 0 aliphatic carbocycles. The van der Waals surface area contributed by atoms with Crippen molar-refractivity contribution in [1.82, 2.24) is 4.90 Å². The number of benzene rings is 1. The van der Waals surface area contributed by atoms with Crippen LogP contribution < -0.4 is 0 Å². The Morgan fingerprint density at radius 2 is 2.36 bits per heavy atom. The van der Waals surface area contributed by atoms with Gasteiger partial charge in [0.2, 0.25) is 0 Å². The first kappa shape index (κ1) is 10.4. The average Bonchev–Trinajstić information content (AvgIpc) is 2.90. The third-order valence-corrected chi connectivity index (χ3v) is 3.53. The molecule has 1 unspecified atom stereocenters. The van der Waals surface area contributed by atoms with Crippen LogP contribution in [-0.4, -0.2) is 22.8 Å². The average molecular weight is 279 g/mol. The molecule has 1 aromatic carbocycles. The minimum absolute atomic E-state index is 0.210. The van der Waals surface area contributed by atoms with Gasteiger partial charge in [-0.1, -0.05) is 33.6 Å². The van der Waals surface area contributed by atoms with Crippen LogP contribution in [0.15, 0.2) is 18.2 Å². The zero-order valence-electron chi connectivity index (χ0n) is 7.51. The highest BCUT2D eigenvalue weighted by Gasteiger charge is 2.33. The summed E-state index contributed by atoms with van der Waals surface area (Å²) >= 11 is 9.31. The van der Waals surface area contributed by atoms with E-state index in [1.54, 1.807) is 12.1 Å². The predicted octanol–water partition coefficient (Wildman–Crippen LogP) is 3.06. The Balaban J connectivity index is 2.09. The van der Waals surface area contributed by atoms with Crippen LogP contribution in [0.1, 0.15) is 5.56 Å². The Morgan fingerprint density at radius 3 is 2.93 bits per heavy atom. The molecule has 0 N–H and O–H groups in total. The molecule has 0 radical (unpaired) electrons. The van der Waals surface area contributed by atoms with Gasteiger partial charge >= 0.3 is 0 Å². The number of hydrogen-bond acceptors (Lipinski definition) is 1. The molecule has 1 nitrogen and oxygen atoms in total. The molecule has 14 heavy (non-hydrogen) atoms. The smallest absolute Gasteiger partial charge is 0.129 e. The first-order valence-electron chi connectivity index (χ1n) is 4.45. The van der Waals surface area contributed by atoms with Gasteiger partial charge in [0.05, 0.1) is 0 Å². The summed E-state index contributed by atoms with van der Waals surface area (Å²) in [5, 5.41) is 1.46. The van der Waals surface area contributed by atoms with Gasteiger partial charge in [0, 0.05) is 35.0 Å². The molecule has 0 amide bonds. The van der Waals surface area contributed by atoms with Gasteiger partial charge in [0.15, 0.2) is 0 Å². The Morgan fingerprint density at radius 1 is 1.57 bits per heavy atom. The molecule has 1 saturated heterocycles. The molecule has 1 aliphatic rings. The van der Waals surface area contributed by atoms with E-state index in [9.17, 15) is 4.39 Å². The summed E-state index contributed by atoms with van der Waals surface area (Å²) in [6.45, 7) is 1.64. The van der Waals surface area contributed by atoms with Crippen LogP contribution in [0.4, 0.5) is 4.39 Å². The minimum atomic E-state index is -0.210. The van der Waals surface area contributed by atoms with Crippen molar-refractivity contribution in [3.8, 4) is 0 Å². The summed E-state index contributed by atoms with van der Waals surface area (Å²) in [5.41, 5.74) is 0.609. The summed E-state index contributed by atoms with van der Waals surface area (Å²) in [5.74, 6) is -0.210.